The molecule has 0 aromatic heterocycles. The van der Waals surface area contributed by atoms with Gasteiger partial charge in [-0.05, 0) is 42.9 Å². The number of ketones is 2. The van der Waals surface area contributed by atoms with Crippen LogP contribution in [-0.4, -0.2) is 11.6 Å². The minimum absolute atomic E-state index is 0.0901. The van der Waals surface area contributed by atoms with E-state index >= 15 is 0 Å². The molecule has 0 saturated carbocycles. The Kier molecular flexibility index (Phi) is 3.49. The first-order valence-electron chi connectivity index (χ1n) is 8.47. The van der Waals surface area contributed by atoms with Crippen molar-refractivity contribution in [3.63, 3.8) is 0 Å². The lowest BCUT2D eigenvalue weighted by Gasteiger charge is -2.27. The van der Waals surface area contributed by atoms with Gasteiger partial charge in [0.15, 0.2) is 5.78 Å². The van der Waals surface area contributed by atoms with Gasteiger partial charge in [-0.2, -0.15) is 0 Å². The van der Waals surface area contributed by atoms with E-state index in [4.69, 9.17) is 0 Å². The summed E-state index contributed by atoms with van der Waals surface area (Å²) < 4.78 is 0. The van der Waals surface area contributed by atoms with E-state index in [0.717, 1.165) is 17.5 Å². The van der Waals surface area contributed by atoms with Crippen LogP contribution in [0.3, 0.4) is 0 Å². The second-order valence-corrected chi connectivity index (χ2v) is 7.18. The average molecular weight is 316 g/mol. The number of benzene rings is 2. The lowest BCUT2D eigenvalue weighted by Crippen LogP contribution is -2.31. The molecule has 0 fully saturated rings. The van der Waals surface area contributed by atoms with Crippen LogP contribution in [0.5, 0.6) is 0 Å². The van der Waals surface area contributed by atoms with Crippen molar-refractivity contribution in [1.82, 2.24) is 0 Å². The Morgan fingerprint density at radius 3 is 2.46 bits per heavy atom. The first-order chi connectivity index (χ1) is 11.6. The summed E-state index contributed by atoms with van der Waals surface area (Å²) in [6.45, 7) is 1.59. The van der Waals surface area contributed by atoms with Crippen LogP contribution < -0.4 is 0 Å². The van der Waals surface area contributed by atoms with Gasteiger partial charge in [-0.25, -0.2) is 0 Å². The topological polar surface area (TPSA) is 34.1 Å². The molecule has 2 aromatic rings. The zero-order valence-electron chi connectivity index (χ0n) is 13.8. The fraction of sp³-hybridized carbons (Fsp3) is 0.273. The van der Waals surface area contributed by atoms with E-state index in [1.54, 1.807) is 6.92 Å². The molecule has 0 bridgehead atoms. The van der Waals surface area contributed by atoms with E-state index < -0.39 is 5.41 Å². The second-order valence-electron chi connectivity index (χ2n) is 7.18. The van der Waals surface area contributed by atoms with Gasteiger partial charge in [0.25, 0.3) is 0 Å². The predicted molar refractivity (Wildman–Crippen MR) is 94.9 cm³/mol. The molecule has 0 aliphatic heterocycles. The zero-order valence-corrected chi connectivity index (χ0v) is 13.8. The van der Waals surface area contributed by atoms with Crippen LogP contribution >= 0.6 is 0 Å². The van der Waals surface area contributed by atoms with Crippen molar-refractivity contribution in [3.8, 4) is 0 Å². The fourth-order valence-corrected chi connectivity index (χ4v) is 4.35. The smallest absolute Gasteiger partial charge is 0.170 e. The highest BCUT2D eigenvalue weighted by atomic mass is 16.1. The molecule has 4 rings (SSSR count). The van der Waals surface area contributed by atoms with Gasteiger partial charge < -0.3 is 0 Å². The van der Waals surface area contributed by atoms with Gasteiger partial charge in [0, 0.05) is 17.4 Å². The van der Waals surface area contributed by atoms with Gasteiger partial charge in [0.1, 0.15) is 5.78 Å². The fourth-order valence-electron chi connectivity index (χ4n) is 4.35. The minimum Gasteiger partial charge on any atom is -0.300 e. The van der Waals surface area contributed by atoms with Crippen LogP contribution in [-0.2, 0) is 17.6 Å². The molecule has 0 N–H and O–H groups in total. The molecule has 2 nitrogen and oxygen atoms in total. The van der Waals surface area contributed by atoms with Crippen LogP contribution in [0, 0.1) is 5.41 Å². The number of hydrogen-bond acceptors (Lipinski definition) is 2. The van der Waals surface area contributed by atoms with Crippen molar-refractivity contribution < 1.29 is 9.59 Å². The van der Waals surface area contributed by atoms with Crippen molar-refractivity contribution in [2.75, 3.05) is 0 Å². The summed E-state index contributed by atoms with van der Waals surface area (Å²) in [5, 5.41) is 0. The molecule has 0 radical (unpaired) electrons. The number of fused-ring (bicyclic) bond motifs is 2. The first kappa shape index (κ1) is 15.1. The van der Waals surface area contributed by atoms with Gasteiger partial charge in [-0.1, -0.05) is 60.2 Å². The van der Waals surface area contributed by atoms with Crippen molar-refractivity contribution in [2.24, 2.45) is 5.41 Å². The first-order valence-corrected chi connectivity index (χ1v) is 8.47. The Hall–Kier alpha value is -2.48. The summed E-state index contributed by atoms with van der Waals surface area (Å²) in [6.07, 6.45) is 4.77. The summed E-state index contributed by atoms with van der Waals surface area (Å²) in [7, 11) is 0. The van der Waals surface area contributed by atoms with E-state index in [1.165, 1.54) is 16.7 Å². The molecular weight excluding hydrogens is 296 g/mol. The third kappa shape index (κ3) is 2.43. The highest BCUT2D eigenvalue weighted by Crippen LogP contribution is 2.46. The second kappa shape index (κ2) is 5.55. The minimum atomic E-state index is -0.594. The van der Waals surface area contributed by atoms with E-state index in [9.17, 15) is 9.59 Å². The monoisotopic (exact) mass is 316 g/mol. The number of carbonyl (C=O) groups is 2. The maximum absolute atomic E-state index is 13.1. The summed E-state index contributed by atoms with van der Waals surface area (Å²) in [6, 6.07) is 16.2. The van der Waals surface area contributed by atoms with Crippen molar-refractivity contribution in [1.29, 1.82) is 0 Å². The van der Waals surface area contributed by atoms with Gasteiger partial charge in [0.2, 0.25) is 0 Å². The normalized spacial score (nSPS) is 21.4. The third-order valence-corrected chi connectivity index (χ3v) is 5.26. The maximum atomic E-state index is 13.1. The lowest BCUT2D eigenvalue weighted by molar-refractivity contribution is -0.118. The molecule has 0 amide bonds. The maximum Gasteiger partial charge on any atom is 0.170 e. The summed E-state index contributed by atoms with van der Waals surface area (Å²) in [5.41, 5.74) is 5.11. The zero-order chi connectivity index (χ0) is 16.7. The highest BCUT2D eigenvalue weighted by molar-refractivity contribution is 6.07. The standard InChI is InChI=1S/C22H20O2/c1-15(23)12-22(14-19-8-4-5-9-20(19)21(22)24)13-16-10-17-6-2-3-7-18(17)11-16/h2-10H,11-14H2,1H3. The van der Waals surface area contributed by atoms with Crippen LogP contribution in [0.25, 0.3) is 6.08 Å². The molecule has 2 heteroatoms. The van der Waals surface area contributed by atoms with Gasteiger partial charge >= 0.3 is 0 Å². The number of hydrogen-bond donors (Lipinski definition) is 0. The Labute approximate surface area is 142 Å². The number of Topliss-reactive ketones (excluding diaryl/α,β-unsaturated/α-hetero) is 2. The summed E-state index contributed by atoms with van der Waals surface area (Å²) in [5.74, 6) is 0.234. The van der Waals surface area contributed by atoms with Crippen LogP contribution in [0.15, 0.2) is 54.1 Å². The molecule has 120 valence electrons. The Morgan fingerprint density at radius 2 is 1.75 bits per heavy atom. The molecule has 0 spiro atoms. The van der Waals surface area contributed by atoms with Gasteiger partial charge in [-0.15, -0.1) is 0 Å². The van der Waals surface area contributed by atoms with E-state index in [0.29, 0.717) is 19.3 Å². The van der Waals surface area contributed by atoms with E-state index in [2.05, 4.69) is 24.3 Å². The molecular formula is C22H20O2. The Morgan fingerprint density at radius 1 is 1.04 bits per heavy atom. The summed E-state index contributed by atoms with van der Waals surface area (Å²) >= 11 is 0. The molecule has 0 heterocycles. The average Bonchev–Trinajstić information content (AvgIpc) is 3.06. The number of allylic oxidation sites excluding steroid dienone is 1. The highest BCUT2D eigenvalue weighted by Gasteiger charge is 2.46. The van der Waals surface area contributed by atoms with Gasteiger partial charge in [0.05, 0.1) is 0 Å². The van der Waals surface area contributed by atoms with Gasteiger partial charge in [-0.3, -0.25) is 9.59 Å². The quantitative estimate of drug-likeness (QED) is 0.836. The Bertz CT molecular complexity index is 875. The van der Waals surface area contributed by atoms with Crippen LogP contribution in [0.2, 0.25) is 0 Å². The van der Waals surface area contributed by atoms with Crippen molar-refractivity contribution in [2.45, 2.75) is 32.6 Å². The molecule has 24 heavy (non-hydrogen) atoms. The largest absolute Gasteiger partial charge is 0.300 e. The number of rotatable bonds is 4. The molecule has 0 saturated heterocycles. The van der Waals surface area contributed by atoms with E-state index in [1.807, 2.05) is 30.3 Å². The molecule has 1 unspecified atom stereocenters. The number of carbonyl (C=O) groups excluding carboxylic acids is 2. The Balaban J connectivity index is 1.68. The third-order valence-electron chi connectivity index (χ3n) is 5.26. The molecule has 2 aliphatic rings. The summed E-state index contributed by atoms with van der Waals surface area (Å²) in [4.78, 5) is 25.1. The molecule has 2 aliphatic carbocycles. The van der Waals surface area contributed by atoms with Crippen LogP contribution in [0.4, 0.5) is 0 Å². The SMILES string of the molecule is CC(=O)CC1(CC2=Cc3ccccc3C2)Cc2ccccc2C1=O. The van der Waals surface area contributed by atoms with Crippen molar-refractivity contribution >= 4 is 17.6 Å². The van der Waals surface area contributed by atoms with Crippen molar-refractivity contribution in [3.05, 3.63) is 76.4 Å². The van der Waals surface area contributed by atoms with E-state index in [-0.39, 0.29) is 11.6 Å². The van der Waals surface area contributed by atoms with Crippen LogP contribution in [0.1, 0.15) is 46.8 Å². The molecule has 2 aromatic carbocycles. The molecule has 1 atom stereocenters. The predicted octanol–water partition coefficient (Wildman–Crippen LogP) is 4.42. The lowest BCUT2D eigenvalue weighted by atomic mass is 9.74.